The minimum absolute atomic E-state index is 0.431. The number of benzene rings is 6. The maximum Gasteiger partial charge on any atom is 0.118 e. The number of rotatable bonds is 19. The second-order valence-electron chi connectivity index (χ2n) is 29.5. The summed E-state index contributed by atoms with van der Waals surface area (Å²) < 4.78 is 16.8. The Hall–Kier alpha value is -2.16. The Bertz CT molecular complexity index is 2410. The van der Waals surface area contributed by atoms with E-state index in [4.69, 9.17) is 9.05 Å². The Morgan fingerprint density at radius 1 is 0.243 bits per heavy atom. The summed E-state index contributed by atoms with van der Waals surface area (Å²) in [5.74, 6) is 0. The van der Waals surface area contributed by atoms with E-state index in [-0.39, 0.29) is 0 Å². The first kappa shape index (κ1) is 61.1. The lowest BCUT2D eigenvalue weighted by molar-refractivity contribution is 0.0749. The van der Waals surface area contributed by atoms with Crippen LogP contribution < -0.4 is 62.7 Å². The van der Waals surface area contributed by atoms with E-state index in [1.807, 2.05) is 0 Å². The highest BCUT2D eigenvalue weighted by Crippen LogP contribution is 2.52. The highest BCUT2D eigenvalue weighted by atomic mass is 31.1. The number of hydrogen-bond donors (Lipinski definition) is 0. The molecular formula is C62H96O2P2Si8. The molecular weight excluding hydrogens is 1060 g/mol. The molecule has 12 heteroatoms. The van der Waals surface area contributed by atoms with Crippen LogP contribution in [0.5, 0.6) is 0 Å². The Morgan fingerprint density at radius 3 is 0.554 bits per heavy atom. The highest BCUT2D eigenvalue weighted by Gasteiger charge is 2.38. The fourth-order valence-electron chi connectivity index (χ4n) is 9.01. The van der Waals surface area contributed by atoms with Crippen LogP contribution in [-0.4, -0.2) is 64.6 Å². The minimum atomic E-state index is -1.77. The molecule has 6 aromatic carbocycles. The molecule has 6 rings (SSSR count). The largest absolute Gasteiger partial charge is 0.339 e. The summed E-state index contributed by atoms with van der Waals surface area (Å²) in [5.41, 5.74) is 2.30. The second-order valence-corrected chi connectivity index (χ2v) is 73.8. The van der Waals surface area contributed by atoms with E-state index in [9.17, 15) is 0 Å². The molecule has 0 spiro atoms. The lowest BCUT2D eigenvalue weighted by Crippen LogP contribution is -2.49. The molecule has 0 saturated carbocycles. The summed E-state index contributed by atoms with van der Waals surface area (Å²) in [7, 11) is -16.9. The molecule has 0 aromatic heterocycles. The van der Waals surface area contributed by atoms with Crippen molar-refractivity contribution in [1.29, 1.82) is 0 Å². The van der Waals surface area contributed by atoms with Gasteiger partial charge in [-0.3, -0.25) is 0 Å². The Morgan fingerprint density at radius 2 is 0.405 bits per heavy atom. The van der Waals surface area contributed by atoms with Crippen molar-refractivity contribution < 1.29 is 9.05 Å². The average Bonchev–Trinajstić information content (AvgIpc) is 3.27. The summed E-state index contributed by atoms with van der Waals surface area (Å²) in [6.07, 6.45) is -0.862. The second kappa shape index (κ2) is 22.5. The zero-order valence-corrected chi connectivity index (χ0v) is 60.4. The van der Waals surface area contributed by atoms with Gasteiger partial charge in [0.15, 0.2) is 0 Å². The van der Waals surface area contributed by atoms with Crippen LogP contribution in [-0.2, 0) is 9.05 Å². The first-order valence-electron chi connectivity index (χ1n) is 27.4. The Balaban J connectivity index is 1.77. The van der Waals surface area contributed by atoms with Crippen LogP contribution in [0.2, 0.25) is 157 Å². The molecule has 0 radical (unpaired) electrons. The van der Waals surface area contributed by atoms with E-state index in [0.717, 1.165) is 11.1 Å². The zero-order valence-electron chi connectivity index (χ0n) is 50.6. The molecule has 0 saturated heterocycles. The van der Waals surface area contributed by atoms with Gasteiger partial charge in [-0.25, -0.2) is 0 Å². The molecule has 2 atom stereocenters. The predicted molar refractivity (Wildman–Crippen MR) is 363 cm³/mol. The quantitative estimate of drug-likeness (QED) is 0.0594. The number of hydrogen-bond acceptors (Lipinski definition) is 2. The predicted octanol–water partition coefficient (Wildman–Crippen LogP) is 13.0. The molecule has 6 aromatic rings. The van der Waals surface area contributed by atoms with E-state index in [1.165, 1.54) is 62.7 Å². The summed E-state index contributed by atoms with van der Waals surface area (Å²) in [4.78, 5) is 0. The van der Waals surface area contributed by atoms with Gasteiger partial charge in [0.05, 0.1) is 80.9 Å². The van der Waals surface area contributed by atoms with Crippen molar-refractivity contribution in [2.45, 2.75) is 169 Å². The molecule has 0 unspecified atom stereocenters. The van der Waals surface area contributed by atoms with Gasteiger partial charge in [0.1, 0.15) is 12.2 Å². The van der Waals surface area contributed by atoms with Gasteiger partial charge < -0.3 is 9.05 Å². The summed E-state index contributed by atoms with van der Waals surface area (Å²) >= 11 is 0. The highest BCUT2D eigenvalue weighted by molar-refractivity contribution is 7.69. The monoisotopic (exact) mass is 1160 g/mol. The Kier molecular flexibility index (Phi) is 18.6. The molecule has 0 N–H and O–H groups in total. The van der Waals surface area contributed by atoms with Crippen LogP contribution in [0.15, 0.2) is 133 Å². The third-order valence-corrected chi connectivity index (χ3v) is 34.5. The van der Waals surface area contributed by atoms with Crippen LogP contribution in [0.1, 0.15) is 23.3 Å². The van der Waals surface area contributed by atoms with Gasteiger partial charge in [-0.15, -0.1) is 0 Å². The molecule has 0 heterocycles. The molecule has 0 amide bonds. The van der Waals surface area contributed by atoms with Gasteiger partial charge in [-0.05, 0) is 11.1 Å². The lowest BCUT2D eigenvalue weighted by atomic mass is 9.98. The topological polar surface area (TPSA) is 18.5 Å². The van der Waals surface area contributed by atoms with E-state index in [1.54, 1.807) is 0 Å². The first-order chi connectivity index (χ1) is 33.7. The molecule has 398 valence electrons. The lowest BCUT2D eigenvalue weighted by Gasteiger charge is -2.36. The van der Waals surface area contributed by atoms with Crippen molar-refractivity contribution in [3.05, 3.63) is 145 Å². The van der Waals surface area contributed by atoms with Crippen molar-refractivity contribution in [2.75, 3.05) is 0 Å². The average molecular weight is 1160 g/mol. The van der Waals surface area contributed by atoms with Crippen LogP contribution in [0.4, 0.5) is 0 Å². The van der Waals surface area contributed by atoms with E-state index in [0.29, 0.717) is 0 Å². The van der Waals surface area contributed by atoms with Crippen LogP contribution in [0, 0.1) is 0 Å². The summed E-state index contributed by atoms with van der Waals surface area (Å²) in [6.45, 7) is 60.4. The normalized spacial score (nSPS) is 14.5. The van der Waals surface area contributed by atoms with Crippen molar-refractivity contribution in [3.8, 4) is 0 Å². The van der Waals surface area contributed by atoms with Crippen molar-refractivity contribution in [2.24, 2.45) is 0 Å². The van der Waals surface area contributed by atoms with Crippen molar-refractivity contribution in [1.82, 2.24) is 0 Å². The molecule has 0 aliphatic rings. The van der Waals surface area contributed by atoms with Crippen LogP contribution in [0.3, 0.4) is 0 Å². The van der Waals surface area contributed by atoms with Gasteiger partial charge in [0, 0.05) is 21.2 Å². The third kappa shape index (κ3) is 15.6. The van der Waals surface area contributed by atoms with E-state index >= 15 is 0 Å². The smallest absolute Gasteiger partial charge is 0.118 e. The van der Waals surface area contributed by atoms with Gasteiger partial charge in [0.25, 0.3) is 0 Å². The maximum atomic E-state index is 8.42. The van der Waals surface area contributed by atoms with Gasteiger partial charge in [-0.2, -0.15) is 0 Å². The molecule has 0 aliphatic carbocycles. The van der Waals surface area contributed by atoms with E-state index in [2.05, 4.69) is 291 Å². The fraction of sp³-hybridized carbons (Fsp3) is 0.419. The molecule has 0 bridgehead atoms. The molecule has 0 aliphatic heterocycles. The standard InChI is InChI=1S/C62H96O2P2Si8/c1-67(2,3)53-35-49(36-54(43-53)68(4,5)6)65(50-37-55(69(7,8)9)44-56(38-50)70(10,11)12)63-61(47-31-27-25-28-32-47)62(48-33-29-26-30-34-48)64-66(51-39-57(71(13,14)15)45-58(40-51)72(16,17)18)52-41-59(73(19,20)21)46-60(42-52)74(22,23)24/h25-46,61-62H,1-24H3/t61-,62-/m0/s1. The minimum Gasteiger partial charge on any atom is -0.339 e. The van der Waals surface area contributed by atoms with Crippen LogP contribution in [0.25, 0.3) is 0 Å². The van der Waals surface area contributed by atoms with Gasteiger partial charge >= 0.3 is 0 Å². The summed E-state index contributed by atoms with van der Waals surface area (Å²) in [6, 6.07) is 53.4. The van der Waals surface area contributed by atoms with Crippen LogP contribution >= 0.6 is 16.3 Å². The maximum absolute atomic E-state index is 8.42. The SMILES string of the molecule is C[Si](C)(C)c1cc(P(O[C@@H](c2ccccc2)[C@@H](OP(c2cc([Si](C)(C)C)cc([Si](C)(C)C)c2)c2cc([Si](C)(C)C)cc([Si](C)(C)C)c2)c2ccccc2)c2cc([Si](C)(C)C)cc([Si](C)(C)C)c2)cc([Si](C)(C)C)c1. The van der Waals surface area contributed by atoms with Crippen molar-refractivity contribution >= 4 is 144 Å². The molecule has 74 heavy (non-hydrogen) atoms. The Labute approximate surface area is 463 Å². The van der Waals surface area contributed by atoms with E-state index < -0.39 is 93.1 Å². The molecule has 2 nitrogen and oxygen atoms in total. The zero-order chi connectivity index (χ0) is 55.4. The van der Waals surface area contributed by atoms with Gasteiger partial charge in [-0.1, -0.05) is 332 Å². The molecule has 0 fully saturated rings. The third-order valence-electron chi connectivity index (χ3n) is 14.5. The van der Waals surface area contributed by atoms with Gasteiger partial charge in [0.2, 0.25) is 0 Å². The van der Waals surface area contributed by atoms with Crippen molar-refractivity contribution in [3.63, 3.8) is 0 Å². The summed E-state index contributed by atoms with van der Waals surface area (Å²) in [5, 5.41) is 17.5. The fourth-order valence-corrected chi connectivity index (χ4v) is 24.0. The first-order valence-corrected chi connectivity index (χ1v) is 57.9.